The van der Waals surface area contributed by atoms with Crippen LogP contribution in [0.2, 0.25) is 0 Å². The lowest BCUT2D eigenvalue weighted by atomic mass is 9.96. The van der Waals surface area contributed by atoms with E-state index in [-0.39, 0.29) is 23.5 Å². The van der Waals surface area contributed by atoms with Crippen molar-refractivity contribution in [2.24, 2.45) is 0 Å². The van der Waals surface area contributed by atoms with E-state index in [1.807, 2.05) is 26.0 Å². The largest absolute Gasteiger partial charge is 0.494 e. The van der Waals surface area contributed by atoms with Crippen molar-refractivity contribution in [3.8, 4) is 5.75 Å². The number of aryl methyl sites for hydroxylation is 1. The van der Waals surface area contributed by atoms with Crippen LogP contribution in [-0.2, 0) is 14.3 Å². The van der Waals surface area contributed by atoms with E-state index in [0.717, 1.165) is 22.4 Å². The number of benzene rings is 1. The summed E-state index contributed by atoms with van der Waals surface area (Å²) >= 11 is 5.32. The molecular weight excluding hydrogens is 364 g/mol. The van der Waals surface area contributed by atoms with Gasteiger partial charge < -0.3 is 14.4 Å². The monoisotopic (exact) mass is 390 g/mol. The lowest BCUT2D eigenvalue weighted by molar-refractivity contribution is -0.140. The molecule has 6 nitrogen and oxygen atoms in total. The third kappa shape index (κ3) is 4.30. The van der Waals surface area contributed by atoms with Crippen molar-refractivity contribution in [3.63, 3.8) is 0 Å². The van der Waals surface area contributed by atoms with Gasteiger partial charge in [0.15, 0.2) is 5.11 Å². The van der Waals surface area contributed by atoms with Crippen LogP contribution in [0.25, 0.3) is 6.08 Å². The molecule has 0 saturated carbocycles. The van der Waals surface area contributed by atoms with Crippen molar-refractivity contribution in [2.45, 2.75) is 33.6 Å². The van der Waals surface area contributed by atoms with Crippen molar-refractivity contribution in [2.75, 3.05) is 27.3 Å². The molecule has 0 unspecified atom stereocenters. The van der Waals surface area contributed by atoms with Crippen molar-refractivity contribution >= 4 is 35.3 Å². The van der Waals surface area contributed by atoms with Crippen LogP contribution < -0.4 is 4.74 Å². The molecule has 0 spiro atoms. The minimum absolute atomic E-state index is 0.107. The van der Waals surface area contributed by atoms with Crippen molar-refractivity contribution in [1.29, 1.82) is 0 Å². The van der Waals surface area contributed by atoms with Gasteiger partial charge in [0.1, 0.15) is 18.0 Å². The minimum Gasteiger partial charge on any atom is -0.494 e. The first-order chi connectivity index (χ1) is 12.7. The maximum absolute atomic E-state index is 12.7. The van der Waals surface area contributed by atoms with E-state index >= 15 is 0 Å². The lowest BCUT2D eigenvalue weighted by Crippen LogP contribution is -2.33. The predicted octanol–water partition coefficient (Wildman–Crippen LogP) is 3.09. The average Bonchev–Trinajstić information content (AvgIpc) is 2.81. The minimum atomic E-state index is -0.461. The Bertz CT molecular complexity index is 801. The molecule has 1 saturated heterocycles. The second-order valence-corrected chi connectivity index (χ2v) is 7.04. The number of nitrogens with zero attached hydrogens (tertiary/aromatic N) is 2. The third-order valence-corrected chi connectivity index (χ3v) is 4.95. The Kier molecular flexibility index (Phi) is 6.59. The number of carbonyl (C=O) groups excluding carboxylic acids is 2. The fourth-order valence-corrected chi connectivity index (χ4v) is 3.14. The van der Waals surface area contributed by atoms with Crippen LogP contribution in [0.5, 0.6) is 5.75 Å². The molecule has 27 heavy (non-hydrogen) atoms. The van der Waals surface area contributed by atoms with E-state index in [1.165, 1.54) is 16.9 Å². The number of hydrogen-bond donors (Lipinski definition) is 0. The number of rotatable bonds is 6. The van der Waals surface area contributed by atoms with Crippen LogP contribution in [0.15, 0.2) is 17.8 Å². The lowest BCUT2D eigenvalue weighted by Gasteiger charge is -2.18. The van der Waals surface area contributed by atoms with Gasteiger partial charge in [0.05, 0.1) is 13.7 Å². The number of hydrogen-bond acceptors (Lipinski definition) is 5. The smallest absolute Gasteiger partial charge is 0.325 e. The number of amides is 1. The number of carbonyl (C=O) groups is 2. The molecule has 1 aromatic carbocycles. The first-order valence-corrected chi connectivity index (χ1v) is 9.27. The molecule has 0 atom stereocenters. The Morgan fingerprint density at radius 3 is 2.56 bits per heavy atom. The van der Waals surface area contributed by atoms with Crippen LogP contribution in [0.1, 0.15) is 43.4 Å². The summed E-state index contributed by atoms with van der Waals surface area (Å²) in [5, 5.41) is 0.282. The molecule has 1 heterocycles. The van der Waals surface area contributed by atoms with Crippen molar-refractivity contribution in [1.82, 2.24) is 9.80 Å². The van der Waals surface area contributed by atoms with Crippen molar-refractivity contribution < 1.29 is 19.1 Å². The van der Waals surface area contributed by atoms with Crippen LogP contribution in [0.4, 0.5) is 0 Å². The maximum atomic E-state index is 12.7. The van der Waals surface area contributed by atoms with Crippen molar-refractivity contribution in [3.05, 3.63) is 34.5 Å². The fraction of sp³-hybridized carbons (Fsp3) is 0.450. The molecule has 7 heteroatoms. The second kappa shape index (κ2) is 8.52. The molecule has 1 fully saturated rings. The summed E-state index contributed by atoms with van der Waals surface area (Å²) in [6.45, 7) is 8.59. The molecule has 0 aliphatic carbocycles. The molecule has 1 aliphatic heterocycles. The molecular formula is C20H26N2O4S. The number of likely N-dealkylation sites (N-methyl/N-ethyl adjacent to an activating group) is 1. The molecule has 0 N–H and O–H groups in total. The normalized spacial score (nSPS) is 15.9. The summed E-state index contributed by atoms with van der Waals surface area (Å²) in [6, 6.07) is 4.01. The highest BCUT2D eigenvalue weighted by Crippen LogP contribution is 2.32. The van der Waals surface area contributed by atoms with Gasteiger partial charge in [-0.25, -0.2) is 0 Å². The molecule has 0 aromatic heterocycles. The van der Waals surface area contributed by atoms with Gasteiger partial charge in [-0.05, 0) is 66.9 Å². The standard InChI is InChI=1S/C20H26N2O4S/c1-7-26-17-8-13(4)14(9-15(17)12(2)3)10-16-19(24)21(5)20(27)22(16)11-18(23)25-6/h8-10,12H,7,11H2,1-6H3/b16-10-. The quantitative estimate of drug-likeness (QED) is 0.423. The summed E-state index contributed by atoms with van der Waals surface area (Å²) in [7, 11) is 2.91. The highest BCUT2D eigenvalue weighted by molar-refractivity contribution is 7.80. The Labute approximate surface area is 165 Å². The molecule has 1 amide bonds. The van der Waals surface area contributed by atoms with E-state index < -0.39 is 5.97 Å². The van der Waals surface area contributed by atoms with Gasteiger partial charge in [-0.1, -0.05) is 13.8 Å². The van der Waals surface area contributed by atoms with Gasteiger partial charge in [-0.15, -0.1) is 0 Å². The highest BCUT2D eigenvalue weighted by atomic mass is 32.1. The average molecular weight is 391 g/mol. The Hall–Kier alpha value is -2.41. The van der Waals surface area contributed by atoms with Gasteiger partial charge in [0.25, 0.3) is 5.91 Å². The van der Waals surface area contributed by atoms with E-state index in [1.54, 1.807) is 13.1 Å². The molecule has 2 rings (SSSR count). The highest BCUT2D eigenvalue weighted by Gasteiger charge is 2.36. The Balaban J connectivity index is 2.54. The number of thiocarbonyl (C=S) groups is 1. The van der Waals surface area contributed by atoms with Crippen LogP contribution in [0, 0.1) is 6.92 Å². The second-order valence-electron chi connectivity index (χ2n) is 6.67. The summed E-state index contributed by atoms with van der Waals surface area (Å²) in [4.78, 5) is 27.3. The van der Waals surface area contributed by atoms with Crippen LogP contribution >= 0.6 is 12.2 Å². The zero-order chi connectivity index (χ0) is 20.3. The predicted molar refractivity (Wildman–Crippen MR) is 109 cm³/mol. The third-order valence-electron chi connectivity index (χ3n) is 4.46. The van der Waals surface area contributed by atoms with E-state index in [9.17, 15) is 9.59 Å². The van der Waals surface area contributed by atoms with E-state index in [2.05, 4.69) is 13.8 Å². The van der Waals surface area contributed by atoms with Gasteiger partial charge in [0, 0.05) is 7.05 Å². The number of ether oxygens (including phenoxy) is 2. The molecule has 1 aliphatic rings. The number of methoxy groups -OCH3 is 1. The van der Waals surface area contributed by atoms with Crippen LogP contribution in [0.3, 0.4) is 0 Å². The van der Waals surface area contributed by atoms with Gasteiger partial charge in [-0.3, -0.25) is 14.5 Å². The molecule has 1 aromatic rings. The molecule has 0 bridgehead atoms. The number of esters is 1. The van der Waals surface area contributed by atoms with Gasteiger partial charge in [-0.2, -0.15) is 0 Å². The summed E-state index contributed by atoms with van der Waals surface area (Å²) in [5.41, 5.74) is 3.28. The first kappa shape index (κ1) is 20.9. The molecule has 0 radical (unpaired) electrons. The topological polar surface area (TPSA) is 59.1 Å². The molecule has 146 valence electrons. The van der Waals surface area contributed by atoms with Gasteiger partial charge in [0.2, 0.25) is 0 Å². The fourth-order valence-electron chi connectivity index (χ4n) is 2.89. The zero-order valence-electron chi connectivity index (χ0n) is 16.7. The Morgan fingerprint density at radius 2 is 2.00 bits per heavy atom. The Morgan fingerprint density at radius 1 is 1.33 bits per heavy atom. The first-order valence-electron chi connectivity index (χ1n) is 8.86. The summed E-state index contributed by atoms with van der Waals surface area (Å²) < 4.78 is 10.5. The maximum Gasteiger partial charge on any atom is 0.325 e. The SMILES string of the molecule is CCOc1cc(C)c(/C=C2/C(=O)N(C)C(=S)N2CC(=O)OC)cc1C(C)C. The van der Waals surface area contributed by atoms with E-state index in [4.69, 9.17) is 21.7 Å². The summed E-state index contributed by atoms with van der Waals surface area (Å²) in [6.07, 6.45) is 1.78. The summed E-state index contributed by atoms with van der Waals surface area (Å²) in [5.74, 6) is 0.406. The van der Waals surface area contributed by atoms with Gasteiger partial charge >= 0.3 is 5.97 Å². The zero-order valence-corrected chi connectivity index (χ0v) is 17.5. The van der Waals surface area contributed by atoms with E-state index in [0.29, 0.717) is 12.3 Å². The van der Waals surface area contributed by atoms with Crippen LogP contribution in [-0.4, -0.2) is 54.1 Å².